The molecule has 0 radical (unpaired) electrons. The van der Waals surface area contributed by atoms with Crippen molar-refractivity contribution in [1.82, 2.24) is 9.97 Å². The number of nitrogens with one attached hydrogen (secondary N) is 1. The quantitative estimate of drug-likeness (QED) is 0.715. The number of carboxylic acid groups (broad SMARTS) is 1. The third-order valence-electron chi connectivity index (χ3n) is 1.46. The average molecular weight is 168 g/mol. The molecular weight excluding hydrogens is 156 g/mol. The van der Waals surface area contributed by atoms with E-state index in [2.05, 4.69) is 23.8 Å². The summed E-state index contributed by atoms with van der Waals surface area (Å²) >= 11 is 0. The number of H-pyrrole nitrogens is 1. The van der Waals surface area contributed by atoms with Crippen LogP contribution in [0.2, 0.25) is 0 Å². The summed E-state index contributed by atoms with van der Waals surface area (Å²) in [6, 6.07) is 0. The minimum Gasteiger partial charge on any atom is -0.475 e. The minimum absolute atomic E-state index is 0.0191. The molecular formula is C8H12N2O2. The largest absolute Gasteiger partial charge is 0.475 e. The molecule has 0 fully saturated rings. The fraction of sp³-hybridized carbons (Fsp3) is 0.500. The van der Waals surface area contributed by atoms with Crippen LogP contribution >= 0.6 is 0 Å². The van der Waals surface area contributed by atoms with E-state index in [9.17, 15) is 4.79 Å². The number of hydrogen-bond acceptors (Lipinski definition) is 2. The van der Waals surface area contributed by atoms with Gasteiger partial charge in [-0.15, -0.1) is 0 Å². The van der Waals surface area contributed by atoms with Crippen molar-refractivity contribution in [2.45, 2.75) is 20.3 Å². The SMILES string of the molecule is CC(C)Cc1cnc(C(=O)O)[nH]1. The lowest BCUT2D eigenvalue weighted by atomic mass is 10.1. The molecule has 0 unspecified atom stereocenters. The van der Waals surface area contributed by atoms with Gasteiger partial charge in [0.15, 0.2) is 0 Å². The number of carboxylic acids is 1. The Labute approximate surface area is 70.6 Å². The van der Waals surface area contributed by atoms with Crippen LogP contribution in [-0.2, 0) is 6.42 Å². The highest BCUT2D eigenvalue weighted by atomic mass is 16.4. The lowest BCUT2D eigenvalue weighted by molar-refractivity contribution is 0.0684. The first-order valence-electron chi connectivity index (χ1n) is 3.86. The van der Waals surface area contributed by atoms with Gasteiger partial charge in [-0.05, 0) is 12.3 Å². The van der Waals surface area contributed by atoms with Gasteiger partial charge >= 0.3 is 5.97 Å². The van der Waals surface area contributed by atoms with Crippen LogP contribution in [0, 0.1) is 5.92 Å². The fourth-order valence-electron chi connectivity index (χ4n) is 1.01. The molecule has 66 valence electrons. The van der Waals surface area contributed by atoms with Gasteiger partial charge in [-0.2, -0.15) is 0 Å². The van der Waals surface area contributed by atoms with Crippen LogP contribution in [0.5, 0.6) is 0 Å². The first-order valence-corrected chi connectivity index (χ1v) is 3.86. The molecule has 0 aromatic carbocycles. The van der Waals surface area contributed by atoms with Crippen molar-refractivity contribution in [3.63, 3.8) is 0 Å². The number of aromatic nitrogens is 2. The summed E-state index contributed by atoms with van der Waals surface area (Å²) in [4.78, 5) is 16.9. The number of imidazole rings is 1. The van der Waals surface area contributed by atoms with Crippen LogP contribution in [0.4, 0.5) is 0 Å². The molecule has 1 aromatic heterocycles. The van der Waals surface area contributed by atoms with E-state index in [1.807, 2.05) is 0 Å². The number of hydrogen-bond donors (Lipinski definition) is 2. The van der Waals surface area contributed by atoms with E-state index >= 15 is 0 Å². The van der Waals surface area contributed by atoms with Gasteiger partial charge in [-0.25, -0.2) is 9.78 Å². The fourth-order valence-corrected chi connectivity index (χ4v) is 1.01. The van der Waals surface area contributed by atoms with Crippen molar-refractivity contribution in [3.8, 4) is 0 Å². The van der Waals surface area contributed by atoms with E-state index in [1.54, 1.807) is 6.20 Å². The van der Waals surface area contributed by atoms with Crippen LogP contribution in [-0.4, -0.2) is 21.0 Å². The van der Waals surface area contributed by atoms with Gasteiger partial charge in [0.2, 0.25) is 5.82 Å². The lowest BCUT2D eigenvalue weighted by Crippen LogP contribution is -2.00. The molecule has 2 N–H and O–H groups in total. The molecule has 4 heteroatoms. The van der Waals surface area contributed by atoms with Crippen molar-refractivity contribution in [2.24, 2.45) is 5.92 Å². The molecule has 0 amide bonds. The lowest BCUT2D eigenvalue weighted by Gasteiger charge is -1.99. The topological polar surface area (TPSA) is 66.0 Å². The molecule has 1 heterocycles. The van der Waals surface area contributed by atoms with Gasteiger partial charge in [0.05, 0.1) is 0 Å². The second-order valence-electron chi connectivity index (χ2n) is 3.16. The van der Waals surface area contributed by atoms with Gasteiger partial charge in [-0.1, -0.05) is 13.8 Å². The highest BCUT2D eigenvalue weighted by Gasteiger charge is 2.07. The number of aromatic carboxylic acids is 1. The maximum atomic E-state index is 10.4. The Morgan fingerprint density at radius 2 is 2.42 bits per heavy atom. The van der Waals surface area contributed by atoms with Gasteiger partial charge in [0.1, 0.15) is 0 Å². The molecule has 12 heavy (non-hydrogen) atoms. The first kappa shape index (κ1) is 8.77. The summed E-state index contributed by atoms with van der Waals surface area (Å²) in [5.41, 5.74) is 0.877. The standard InChI is InChI=1S/C8H12N2O2/c1-5(2)3-6-4-9-7(10-6)8(11)12/h4-5H,3H2,1-2H3,(H,9,10)(H,11,12). The molecule has 1 aromatic rings. The van der Waals surface area contributed by atoms with Gasteiger partial charge in [0.25, 0.3) is 0 Å². The zero-order valence-corrected chi connectivity index (χ0v) is 7.16. The zero-order chi connectivity index (χ0) is 9.14. The molecule has 0 atom stereocenters. The highest BCUT2D eigenvalue weighted by molar-refractivity contribution is 5.83. The Morgan fingerprint density at radius 1 is 1.75 bits per heavy atom. The second-order valence-corrected chi connectivity index (χ2v) is 3.16. The Kier molecular flexibility index (Phi) is 2.47. The summed E-state index contributed by atoms with van der Waals surface area (Å²) < 4.78 is 0. The van der Waals surface area contributed by atoms with E-state index < -0.39 is 5.97 Å². The monoisotopic (exact) mass is 168 g/mol. The van der Waals surface area contributed by atoms with Crippen LogP contribution < -0.4 is 0 Å². The van der Waals surface area contributed by atoms with Crippen molar-refractivity contribution in [2.75, 3.05) is 0 Å². The summed E-state index contributed by atoms with van der Waals surface area (Å²) in [7, 11) is 0. The van der Waals surface area contributed by atoms with Crippen LogP contribution in [0.15, 0.2) is 6.20 Å². The van der Waals surface area contributed by atoms with Crippen molar-refractivity contribution in [1.29, 1.82) is 0 Å². The van der Waals surface area contributed by atoms with E-state index in [1.165, 1.54) is 0 Å². The van der Waals surface area contributed by atoms with Crippen molar-refractivity contribution < 1.29 is 9.90 Å². The number of rotatable bonds is 3. The Balaban J connectivity index is 2.71. The average Bonchev–Trinajstić information content (AvgIpc) is 2.34. The second kappa shape index (κ2) is 3.38. The van der Waals surface area contributed by atoms with Crippen molar-refractivity contribution >= 4 is 5.97 Å². The van der Waals surface area contributed by atoms with Gasteiger partial charge in [-0.3, -0.25) is 0 Å². The first-order chi connectivity index (χ1) is 5.59. The van der Waals surface area contributed by atoms with Crippen LogP contribution in [0.25, 0.3) is 0 Å². The van der Waals surface area contributed by atoms with Gasteiger partial charge < -0.3 is 10.1 Å². The predicted molar refractivity (Wildman–Crippen MR) is 44.1 cm³/mol. The number of nitrogens with zero attached hydrogens (tertiary/aromatic N) is 1. The van der Waals surface area contributed by atoms with Crippen molar-refractivity contribution in [3.05, 3.63) is 17.7 Å². The molecule has 0 bridgehead atoms. The van der Waals surface area contributed by atoms with Gasteiger partial charge in [0, 0.05) is 11.9 Å². The smallest absolute Gasteiger partial charge is 0.371 e. The summed E-state index contributed by atoms with van der Waals surface area (Å²) in [6.07, 6.45) is 2.41. The van der Waals surface area contributed by atoms with Crippen LogP contribution in [0.1, 0.15) is 30.2 Å². The molecule has 1 rings (SSSR count). The summed E-state index contributed by atoms with van der Waals surface area (Å²) in [6.45, 7) is 4.14. The molecule has 0 saturated carbocycles. The number of aromatic amines is 1. The Hall–Kier alpha value is -1.32. The molecule has 0 aliphatic heterocycles. The molecule has 0 aliphatic rings. The zero-order valence-electron chi connectivity index (χ0n) is 7.16. The molecule has 0 saturated heterocycles. The van der Waals surface area contributed by atoms with E-state index in [-0.39, 0.29) is 5.82 Å². The molecule has 0 spiro atoms. The molecule has 4 nitrogen and oxygen atoms in total. The van der Waals surface area contributed by atoms with E-state index in [4.69, 9.17) is 5.11 Å². The Bertz CT molecular complexity index is 278. The Morgan fingerprint density at radius 3 is 2.83 bits per heavy atom. The minimum atomic E-state index is -1.01. The normalized spacial score (nSPS) is 10.6. The van der Waals surface area contributed by atoms with E-state index in [0.717, 1.165) is 12.1 Å². The number of carbonyl (C=O) groups is 1. The van der Waals surface area contributed by atoms with E-state index in [0.29, 0.717) is 5.92 Å². The summed E-state index contributed by atoms with van der Waals surface area (Å²) in [5.74, 6) is -0.484. The molecule has 0 aliphatic carbocycles. The highest BCUT2D eigenvalue weighted by Crippen LogP contribution is 2.04. The predicted octanol–water partition coefficient (Wildman–Crippen LogP) is 1.31. The third kappa shape index (κ3) is 2.08. The maximum absolute atomic E-state index is 10.4. The van der Waals surface area contributed by atoms with Crippen LogP contribution in [0.3, 0.4) is 0 Å². The third-order valence-corrected chi connectivity index (χ3v) is 1.46. The maximum Gasteiger partial charge on any atom is 0.371 e. The summed E-state index contributed by atoms with van der Waals surface area (Å²) in [5, 5.41) is 8.54.